The van der Waals surface area contributed by atoms with E-state index < -0.39 is 51.8 Å². The maximum atomic E-state index is 12.5. The Morgan fingerprint density at radius 1 is 0.608 bits per heavy atom. The lowest BCUT2D eigenvalue weighted by Gasteiger charge is -2.20. The first-order valence-corrected chi connectivity index (χ1v) is 20.7. The van der Waals surface area contributed by atoms with Crippen LogP contribution >= 0.6 is 7.82 Å². The number of allylic oxidation sites excluding steroid dienone is 10. The van der Waals surface area contributed by atoms with Crippen LogP contribution in [0, 0.1) is 0 Å². The molecule has 11 heteroatoms. The summed E-state index contributed by atoms with van der Waals surface area (Å²) in [6.45, 7) is 2.16. The molecule has 0 aromatic heterocycles. The number of rotatable bonds is 35. The number of aliphatic hydroxyl groups is 2. The van der Waals surface area contributed by atoms with E-state index in [0.717, 1.165) is 64.2 Å². The third kappa shape index (κ3) is 35.8. The molecule has 0 heterocycles. The van der Waals surface area contributed by atoms with Crippen LogP contribution < -0.4 is 0 Å². The van der Waals surface area contributed by atoms with Crippen molar-refractivity contribution in [2.45, 2.75) is 154 Å². The summed E-state index contributed by atoms with van der Waals surface area (Å²) < 4.78 is 32.5. The van der Waals surface area contributed by atoms with Gasteiger partial charge in [-0.1, -0.05) is 113 Å². The highest BCUT2D eigenvalue weighted by molar-refractivity contribution is 7.47. The maximum Gasteiger partial charge on any atom is 0.472 e. The Morgan fingerprint density at radius 2 is 1.08 bits per heavy atom. The fourth-order valence-electron chi connectivity index (χ4n) is 4.68. The molecule has 0 spiro atoms. The van der Waals surface area contributed by atoms with Crippen molar-refractivity contribution in [2.24, 2.45) is 0 Å². The number of aliphatic hydroxyl groups excluding tert-OH is 2. The molecule has 0 aliphatic carbocycles. The van der Waals surface area contributed by atoms with Crippen LogP contribution in [-0.2, 0) is 32.7 Å². The summed E-state index contributed by atoms with van der Waals surface area (Å²) in [6.07, 6.45) is 37.7. The average molecular weight is 741 g/mol. The normalized spacial score (nSPS) is 14.7. The average Bonchev–Trinajstić information content (AvgIpc) is 3.12. The smallest absolute Gasteiger partial charge is 0.462 e. The number of esters is 2. The lowest BCUT2D eigenvalue weighted by molar-refractivity contribution is -0.161. The van der Waals surface area contributed by atoms with Gasteiger partial charge in [-0.05, 0) is 77.0 Å². The van der Waals surface area contributed by atoms with Crippen molar-refractivity contribution in [2.75, 3.05) is 26.4 Å². The summed E-state index contributed by atoms with van der Waals surface area (Å²) in [6, 6.07) is 0. The van der Waals surface area contributed by atoms with Gasteiger partial charge in [-0.25, -0.2) is 4.57 Å². The number of phosphoric ester groups is 1. The molecule has 10 nitrogen and oxygen atoms in total. The van der Waals surface area contributed by atoms with Crippen molar-refractivity contribution < 1.29 is 47.8 Å². The van der Waals surface area contributed by atoms with E-state index in [4.69, 9.17) is 19.1 Å². The Labute approximate surface area is 308 Å². The van der Waals surface area contributed by atoms with E-state index in [1.54, 1.807) is 0 Å². The van der Waals surface area contributed by atoms with Crippen molar-refractivity contribution in [3.8, 4) is 0 Å². The van der Waals surface area contributed by atoms with Crippen molar-refractivity contribution >= 4 is 19.8 Å². The maximum absolute atomic E-state index is 12.5. The van der Waals surface area contributed by atoms with Crippen LogP contribution in [-0.4, -0.2) is 65.7 Å². The van der Waals surface area contributed by atoms with Gasteiger partial charge in [-0.15, -0.1) is 0 Å². The van der Waals surface area contributed by atoms with Crippen LogP contribution in [0.15, 0.2) is 60.8 Å². The van der Waals surface area contributed by atoms with Crippen molar-refractivity contribution in [3.63, 3.8) is 0 Å². The first kappa shape index (κ1) is 48.7. The van der Waals surface area contributed by atoms with Gasteiger partial charge in [0.2, 0.25) is 0 Å². The minimum atomic E-state index is -4.63. The quantitative estimate of drug-likeness (QED) is 0.0248. The van der Waals surface area contributed by atoms with E-state index in [2.05, 4.69) is 79.1 Å². The van der Waals surface area contributed by atoms with Crippen molar-refractivity contribution in [3.05, 3.63) is 60.8 Å². The van der Waals surface area contributed by atoms with E-state index in [0.29, 0.717) is 12.8 Å². The lowest BCUT2D eigenvalue weighted by atomic mass is 10.1. The second-order valence-corrected chi connectivity index (χ2v) is 14.0. The van der Waals surface area contributed by atoms with Gasteiger partial charge in [0.25, 0.3) is 0 Å². The highest BCUT2D eigenvalue weighted by Gasteiger charge is 2.27. The summed E-state index contributed by atoms with van der Waals surface area (Å²) >= 11 is 0. The largest absolute Gasteiger partial charge is 0.472 e. The number of hydrogen-bond donors (Lipinski definition) is 3. The predicted octanol–water partition coefficient (Wildman–Crippen LogP) is 9.55. The molecule has 0 saturated carbocycles. The molecule has 0 rings (SSSR count). The number of carbonyl (C=O) groups is 2. The Morgan fingerprint density at radius 3 is 1.69 bits per heavy atom. The molecule has 1 unspecified atom stereocenters. The topological polar surface area (TPSA) is 149 Å². The molecule has 0 aromatic rings. The molecular formula is C40H69O10P. The van der Waals surface area contributed by atoms with Crippen LogP contribution in [0.1, 0.15) is 142 Å². The zero-order chi connectivity index (χ0) is 37.7. The van der Waals surface area contributed by atoms with Crippen LogP contribution in [0.4, 0.5) is 0 Å². The molecule has 3 atom stereocenters. The highest BCUT2D eigenvalue weighted by atomic mass is 31.2. The summed E-state index contributed by atoms with van der Waals surface area (Å²) in [4.78, 5) is 34.8. The van der Waals surface area contributed by atoms with Crippen LogP contribution in [0.2, 0.25) is 0 Å². The van der Waals surface area contributed by atoms with Gasteiger partial charge in [0.05, 0.1) is 19.8 Å². The number of unbranched alkanes of at least 4 members (excludes halogenated alkanes) is 11. The van der Waals surface area contributed by atoms with Crippen LogP contribution in [0.5, 0.6) is 0 Å². The Hall–Kier alpha value is -2.33. The number of hydrogen-bond acceptors (Lipinski definition) is 9. The predicted molar refractivity (Wildman–Crippen MR) is 205 cm³/mol. The molecule has 0 saturated heterocycles. The molecule has 0 amide bonds. The molecule has 51 heavy (non-hydrogen) atoms. The molecule has 0 bridgehead atoms. The first-order chi connectivity index (χ1) is 24.7. The van der Waals surface area contributed by atoms with Crippen LogP contribution in [0.3, 0.4) is 0 Å². The van der Waals surface area contributed by atoms with E-state index in [1.807, 2.05) is 0 Å². The van der Waals surface area contributed by atoms with Gasteiger partial charge in [0, 0.05) is 12.8 Å². The van der Waals surface area contributed by atoms with E-state index in [1.165, 1.54) is 38.5 Å². The zero-order valence-electron chi connectivity index (χ0n) is 31.5. The minimum Gasteiger partial charge on any atom is -0.462 e. The van der Waals surface area contributed by atoms with Gasteiger partial charge < -0.3 is 24.6 Å². The molecular weight excluding hydrogens is 671 g/mol. The number of ether oxygens (including phenoxy) is 2. The minimum absolute atomic E-state index is 0.126. The highest BCUT2D eigenvalue weighted by Crippen LogP contribution is 2.43. The Balaban J connectivity index is 4.48. The second kappa shape index (κ2) is 36.0. The standard InChI is InChI=1S/C40H69O10P/c1-3-5-7-9-11-13-15-17-18-20-22-24-26-28-30-32-40(44)50-38(36-49-51(45,46)48-34-37(42)33-41)35-47-39(43)31-29-27-25-23-21-19-16-14-12-10-8-6-4-2/h5,7,11,13,17-19,21-22,24,37-38,41-42H,3-4,6,8-10,12,14-16,20,23,25-36H2,1-2H3,(H,45,46)/b7-5+,13-11+,18-17+,21-19+,24-22+/t37-,38+/m0/s1. The van der Waals surface area contributed by atoms with Crippen molar-refractivity contribution in [1.29, 1.82) is 0 Å². The summed E-state index contributed by atoms with van der Waals surface area (Å²) in [7, 11) is -4.63. The fourth-order valence-corrected chi connectivity index (χ4v) is 5.47. The van der Waals surface area contributed by atoms with Gasteiger partial charge >= 0.3 is 19.8 Å². The third-order valence-electron chi connectivity index (χ3n) is 7.66. The monoisotopic (exact) mass is 740 g/mol. The fraction of sp³-hybridized carbons (Fsp3) is 0.700. The van der Waals surface area contributed by atoms with Gasteiger partial charge in [-0.2, -0.15) is 0 Å². The molecule has 0 fully saturated rings. The molecule has 0 aromatic carbocycles. The van der Waals surface area contributed by atoms with E-state index >= 15 is 0 Å². The molecule has 0 aliphatic rings. The van der Waals surface area contributed by atoms with E-state index in [9.17, 15) is 24.2 Å². The summed E-state index contributed by atoms with van der Waals surface area (Å²) in [5.74, 6) is -0.999. The Bertz CT molecular complexity index is 1040. The lowest BCUT2D eigenvalue weighted by Crippen LogP contribution is -2.29. The van der Waals surface area contributed by atoms with Gasteiger partial charge in [-0.3, -0.25) is 18.6 Å². The number of carbonyl (C=O) groups excluding carboxylic acids is 2. The molecule has 294 valence electrons. The van der Waals surface area contributed by atoms with E-state index in [-0.39, 0.29) is 19.4 Å². The first-order valence-electron chi connectivity index (χ1n) is 19.2. The van der Waals surface area contributed by atoms with Crippen molar-refractivity contribution in [1.82, 2.24) is 0 Å². The Kier molecular flexibility index (Phi) is 34.4. The second-order valence-electron chi connectivity index (χ2n) is 12.6. The molecule has 0 aliphatic heterocycles. The third-order valence-corrected chi connectivity index (χ3v) is 8.61. The molecule has 0 radical (unpaired) electrons. The zero-order valence-corrected chi connectivity index (χ0v) is 32.4. The van der Waals surface area contributed by atoms with Gasteiger partial charge in [0.1, 0.15) is 12.7 Å². The SMILES string of the molecule is CC/C=C/C/C=C/C/C=C/C/C=C/CCCCC(=O)O[C@H](COC(=O)CCCCC/C=C/CCCCCCCC)COP(=O)(O)OC[C@@H](O)CO. The summed E-state index contributed by atoms with van der Waals surface area (Å²) in [5.41, 5.74) is 0. The number of phosphoric acid groups is 1. The molecule has 3 N–H and O–H groups in total. The summed E-state index contributed by atoms with van der Waals surface area (Å²) in [5, 5.41) is 18.3. The van der Waals surface area contributed by atoms with Gasteiger partial charge in [0.15, 0.2) is 6.10 Å². The van der Waals surface area contributed by atoms with Crippen LogP contribution in [0.25, 0.3) is 0 Å².